The van der Waals surface area contributed by atoms with Crippen LogP contribution in [0, 0.1) is 6.92 Å². The second kappa shape index (κ2) is 5.06. The minimum atomic E-state index is -1.84. The first kappa shape index (κ1) is 11.3. The van der Waals surface area contributed by atoms with Gasteiger partial charge in [0.15, 0.2) is 11.1 Å². The molecule has 0 radical (unpaired) electrons. The first-order valence-corrected chi connectivity index (χ1v) is 3.98. The summed E-state index contributed by atoms with van der Waals surface area (Å²) in [6.45, 7) is 1.93. The van der Waals surface area contributed by atoms with E-state index in [9.17, 15) is 4.21 Å². The fourth-order valence-electron chi connectivity index (χ4n) is 0.655. The van der Waals surface area contributed by atoms with Gasteiger partial charge in [-0.15, -0.1) is 0 Å². The summed E-state index contributed by atoms with van der Waals surface area (Å²) in [5.74, 6) is 0. The predicted octanol–water partition coefficient (Wildman–Crippen LogP) is -1.31. The normalized spacial score (nSPS) is 11.8. The van der Waals surface area contributed by atoms with Crippen molar-refractivity contribution < 1.29 is 39.7 Å². The number of aryl methyl sites for hydroxylation is 1. The Morgan fingerprint density at radius 2 is 1.82 bits per heavy atom. The van der Waals surface area contributed by atoms with Gasteiger partial charge in [-0.3, -0.25) is 0 Å². The number of hydrogen-bond donors (Lipinski definition) is 1. The quantitative estimate of drug-likeness (QED) is 0.430. The van der Waals surface area contributed by atoms with Crippen LogP contribution in [0.5, 0.6) is 0 Å². The van der Waals surface area contributed by atoms with Crippen LogP contribution >= 0.6 is 0 Å². The zero-order valence-corrected chi connectivity index (χ0v) is 9.39. The molecular weight excluding hydrogens is 171 g/mol. The monoisotopic (exact) mass is 180 g/mol. The fourth-order valence-corrected chi connectivity index (χ4v) is 1.02. The van der Waals surface area contributed by atoms with E-state index in [-0.39, 0.29) is 31.0 Å². The summed E-state index contributed by atoms with van der Waals surface area (Å²) in [5, 5.41) is 0. The zero-order valence-electron chi connectivity index (χ0n) is 7.57. The molecule has 1 unspecified atom stereocenters. The maximum absolute atomic E-state index is 10.4. The van der Waals surface area contributed by atoms with Gasteiger partial charge >= 0.3 is 29.6 Å². The summed E-state index contributed by atoms with van der Waals surface area (Å²) in [6, 6.07) is 6.91. The van der Waals surface area contributed by atoms with Crippen molar-refractivity contribution in [1.82, 2.24) is 0 Å². The Kier molecular flexibility index (Phi) is 5.21. The maximum Gasteiger partial charge on any atom is 1.00 e. The number of hydrogen-bond acceptors (Lipinski definition) is 1. The van der Waals surface area contributed by atoms with Crippen LogP contribution in [0.3, 0.4) is 0 Å². The third-order valence-corrected chi connectivity index (χ3v) is 1.90. The van der Waals surface area contributed by atoms with Crippen molar-refractivity contribution in [1.29, 1.82) is 0 Å². The first-order chi connectivity index (χ1) is 4.70. The molecule has 0 spiro atoms. The van der Waals surface area contributed by atoms with E-state index in [0.29, 0.717) is 4.90 Å². The molecule has 1 aromatic carbocycles. The zero-order chi connectivity index (χ0) is 7.56. The number of benzene rings is 1. The van der Waals surface area contributed by atoms with Crippen molar-refractivity contribution in [3.63, 3.8) is 0 Å². The molecule has 56 valence electrons. The van der Waals surface area contributed by atoms with Crippen molar-refractivity contribution in [3.8, 4) is 0 Å². The van der Waals surface area contributed by atoms with Crippen LogP contribution in [-0.2, 0) is 11.1 Å². The molecule has 0 aliphatic carbocycles. The van der Waals surface area contributed by atoms with Crippen LogP contribution < -0.4 is 29.6 Å². The van der Waals surface area contributed by atoms with Gasteiger partial charge in [-0.1, -0.05) is 17.7 Å². The molecule has 0 fully saturated rings. The van der Waals surface area contributed by atoms with E-state index >= 15 is 0 Å². The van der Waals surface area contributed by atoms with Crippen molar-refractivity contribution in [3.05, 3.63) is 29.8 Å². The molecule has 0 heterocycles. The minimum absolute atomic E-state index is 0. The van der Waals surface area contributed by atoms with Crippen LogP contribution in [0.4, 0.5) is 0 Å². The summed E-state index contributed by atoms with van der Waals surface area (Å²) >= 11 is -1.84. The molecule has 0 aromatic heterocycles. The number of rotatable bonds is 1. The van der Waals surface area contributed by atoms with E-state index < -0.39 is 11.1 Å². The molecule has 1 N–H and O–H groups in total. The summed E-state index contributed by atoms with van der Waals surface area (Å²) in [5.41, 5.74) is 1.09. The van der Waals surface area contributed by atoms with Crippen LogP contribution in [0.15, 0.2) is 29.2 Å². The molecular formula is C7H9NaO2S. The average Bonchev–Trinajstić information content (AvgIpc) is 1.88. The van der Waals surface area contributed by atoms with Gasteiger partial charge in [0.25, 0.3) is 0 Å². The van der Waals surface area contributed by atoms with Crippen molar-refractivity contribution in [2.45, 2.75) is 11.8 Å². The van der Waals surface area contributed by atoms with Crippen molar-refractivity contribution in [2.75, 3.05) is 0 Å². The summed E-state index contributed by atoms with van der Waals surface area (Å²) in [4.78, 5) is 0.450. The summed E-state index contributed by atoms with van der Waals surface area (Å²) in [6.07, 6.45) is 0. The Balaban J connectivity index is 0. The van der Waals surface area contributed by atoms with Gasteiger partial charge < -0.3 is 5.98 Å². The molecule has 1 rings (SSSR count). The van der Waals surface area contributed by atoms with E-state index in [1.54, 1.807) is 12.1 Å². The van der Waals surface area contributed by atoms with Gasteiger partial charge in [0, 0.05) is 0 Å². The molecule has 0 bridgehead atoms. The topological polar surface area (TPSA) is 37.3 Å². The fraction of sp³-hybridized carbons (Fsp3) is 0.143. The average molecular weight is 180 g/mol. The summed E-state index contributed by atoms with van der Waals surface area (Å²) < 4.78 is 19.0. The van der Waals surface area contributed by atoms with Gasteiger partial charge in [0.2, 0.25) is 0 Å². The van der Waals surface area contributed by atoms with E-state index in [2.05, 4.69) is 0 Å². The molecule has 0 aliphatic heterocycles. The Morgan fingerprint density at radius 1 is 1.36 bits per heavy atom. The van der Waals surface area contributed by atoms with Crippen LogP contribution in [0.1, 0.15) is 6.99 Å². The van der Waals surface area contributed by atoms with Gasteiger partial charge in [-0.25, -0.2) is 4.21 Å². The second-order valence-corrected chi connectivity index (χ2v) is 3.03. The van der Waals surface area contributed by atoms with E-state index in [1.807, 2.05) is 19.1 Å². The Morgan fingerprint density at radius 3 is 2.18 bits per heavy atom. The SMILES string of the molecule is Cc1ccc(S(=O)O)cc1.[H-].[Na+]. The Bertz CT molecular complexity index is 250. The largest absolute Gasteiger partial charge is 1.00 e. The van der Waals surface area contributed by atoms with Crippen molar-refractivity contribution in [2.24, 2.45) is 0 Å². The van der Waals surface area contributed by atoms with Gasteiger partial charge in [0.1, 0.15) is 0 Å². The first-order valence-electron chi connectivity index (χ1n) is 2.87. The Labute approximate surface area is 92.1 Å². The van der Waals surface area contributed by atoms with E-state index in [0.717, 1.165) is 5.56 Å². The van der Waals surface area contributed by atoms with Gasteiger partial charge in [-0.05, 0) is 19.1 Å². The molecule has 0 saturated carbocycles. The van der Waals surface area contributed by atoms with Gasteiger partial charge in [0.05, 0.1) is 4.90 Å². The predicted molar refractivity (Wildman–Crippen MR) is 41.3 cm³/mol. The minimum Gasteiger partial charge on any atom is -1.00 e. The molecule has 1 atom stereocenters. The van der Waals surface area contributed by atoms with Crippen molar-refractivity contribution >= 4 is 11.1 Å². The van der Waals surface area contributed by atoms with E-state index in [1.165, 1.54) is 0 Å². The third kappa shape index (κ3) is 3.49. The second-order valence-electron chi connectivity index (χ2n) is 2.06. The molecule has 11 heavy (non-hydrogen) atoms. The smallest absolute Gasteiger partial charge is 1.00 e. The molecule has 2 nitrogen and oxygen atoms in total. The van der Waals surface area contributed by atoms with E-state index in [4.69, 9.17) is 4.55 Å². The van der Waals surface area contributed by atoms with Gasteiger partial charge in [-0.2, -0.15) is 0 Å². The molecule has 0 aliphatic rings. The summed E-state index contributed by atoms with van der Waals surface area (Å²) in [7, 11) is 0. The molecule has 1 aromatic rings. The molecule has 4 heteroatoms. The maximum atomic E-state index is 10.4. The molecule has 0 amide bonds. The third-order valence-electron chi connectivity index (χ3n) is 1.22. The van der Waals surface area contributed by atoms with Crippen LogP contribution in [0.25, 0.3) is 0 Å². The molecule has 0 saturated heterocycles. The van der Waals surface area contributed by atoms with Crippen LogP contribution in [-0.4, -0.2) is 8.76 Å². The Hall–Kier alpha value is 0.330. The standard InChI is InChI=1S/C7H8O2S.Na.H/c1-6-2-4-7(5-3-6)10(8)9;;/h2-5H,1H3,(H,8,9);;/q;+1;-1. The van der Waals surface area contributed by atoms with Crippen LogP contribution in [0.2, 0.25) is 0 Å².